The van der Waals surface area contributed by atoms with Crippen LogP contribution in [0.25, 0.3) is 0 Å². The second-order valence-electron chi connectivity index (χ2n) is 4.85. The molecule has 0 radical (unpaired) electrons. The number of hydrogen-bond donors (Lipinski definition) is 2. The molecule has 0 spiro atoms. The molecule has 1 saturated heterocycles. The minimum Gasteiger partial charge on any atom is -0.381 e. The van der Waals surface area contributed by atoms with Gasteiger partial charge in [-0.05, 0) is 31.9 Å². The van der Waals surface area contributed by atoms with E-state index in [1.54, 1.807) is 6.07 Å². The highest BCUT2D eigenvalue weighted by Crippen LogP contribution is 2.26. The Labute approximate surface area is 122 Å². The molecule has 1 aliphatic heterocycles. The highest BCUT2D eigenvalue weighted by molar-refractivity contribution is 7.91. The van der Waals surface area contributed by atoms with Gasteiger partial charge in [-0.1, -0.05) is 0 Å². The van der Waals surface area contributed by atoms with Crippen LogP contribution < -0.4 is 10.5 Å². The third kappa shape index (κ3) is 3.78. The maximum absolute atomic E-state index is 12.1. The van der Waals surface area contributed by atoms with E-state index < -0.39 is 10.0 Å². The molecule has 6 nitrogen and oxygen atoms in total. The van der Waals surface area contributed by atoms with Gasteiger partial charge in [0.15, 0.2) is 0 Å². The largest absolute Gasteiger partial charge is 0.381 e. The molecule has 1 aromatic rings. The minimum absolute atomic E-state index is 0.0530. The molecule has 20 heavy (non-hydrogen) atoms. The molecule has 8 heteroatoms. The molecule has 2 unspecified atom stereocenters. The minimum atomic E-state index is -3.68. The lowest BCUT2D eigenvalue weighted by atomic mass is 10.0. The van der Waals surface area contributed by atoms with Crippen molar-refractivity contribution in [3.05, 3.63) is 17.0 Å². The summed E-state index contributed by atoms with van der Waals surface area (Å²) in [7, 11) is -3.68. The molecule has 1 fully saturated rings. The van der Waals surface area contributed by atoms with Crippen molar-refractivity contribution in [3.63, 3.8) is 0 Å². The molecule has 2 atom stereocenters. The van der Waals surface area contributed by atoms with Gasteiger partial charge in [0.25, 0.3) is 0 Å². The van der Waals surface area contributed by atoms with Gasteiger partial charge < -0.3 is 10.1 Å². The fraction of sp³-hybridized carbons (Fsp3) is 0.583. The summed E-state index contributed by atoms with van der Waals surface area (Å²) in [6, 6.07) is 2.89. The van der Waals surface area contributed by atoms with Crippen molar-refractivity contribution in [2.45, 2.75) is 30.0 Å². The van der Waals surface area contributed by atoms with Crippen LogP contribution in [0, 0.1) is 5.92 Å². The summed E-state index contributed by atoms with van der Waals surface area (Å²) in [5.41, 5.74) is 0. The number of ether oxygens (including phenoxy) is 1. The lowest BCUT2D eigenvalue weighted by molar-refractivity contribution is -0.129. The number of carbonyl (C=O) groups is 1. The molecule has 1 aliphatic rings. The topological polar surface area (TPSA) is 98.5 Å². The fourth-order valence-electron chi connectivity index (χ4n) is 2.07. The molecule has 2 rings (SSSR count). The third-order valence-corrected chi connectivity index (χ3v) is 5.91. The number of nitrogens with two attached hydrogens (primary N) is 1. The first kappa shape index (κ1) is 15.4. The highest BCUT2D eigenvalue weighted by Gasteiger charge is 2.24. The standard InChI is InChI=1S/C12H18N2O4S2/c1-8(10-4-5-11(19-10)20(13,16)17)14-12(15)9-3-2-6-18-7-9/h4-5,8-9H,2-3,6-7H2,1H3,(H,14,15)(H2,13,16,17). The average Bonchev–Trinajstić information content (AvgIpc) is 2.89. The maximum Gasteiger partial charge on any atom is 0.247 e. The smallest absolute Gasteiger partial charge is 0.247 e. The average molecular weight is 318 g/mol. The Morgan fingerprint density at radius 2 is 2.30 bits per heavy atom. The highest BCUT2D eigenvalue weighted by atomic mass is 32.2. The molecule has 0 saturated carbocycles. The summed E-state index contributed by atoms with van der Waals surface area (Å²) in [4.78, 5) is 12.8. The lowest BCUT2D eigenvalue weighted by Crippen LogP contribution is -2.36. The summed E-state index contributed by atoms with van der Waals surface area (Å²) < 4.78 is 27.8. The van der Waals surface area contributed by atoms with Crippen LogP contribution in [0.1, 0.15) is 30.7 Å². The van der Waals surface area contributed by atoms with Gasteiger partial charge in [0.2, 0.25) is 15.9 Å². The van der Waals surface area contributed by atoms with Gasteiger partial charge in [0, 0.05) is 11.5 Å². The predicted molar refractivity (Wildman–Crippen MR) is 75.8 cm³/mol. The van der Waals surface area contributed by atoms with Crippen LogP contribution in [0.15, 0.2) is 16.3 Å². The van der Waals surface area contributed by atoms with E-state index in [-0.39, 0.29) is 22.1 Å². The molecule has 1 amide bonds. The van der Waals surface area contributed by atoms with Crippen LogP contribution >= 0.6 is 11.3 Å². The Balaban J connectivity index is 1.99. The molecule has 2 heterocycles. The Morgan fingerprint density at radius 3 is 2.85 bits per heavy atom. The number of carbonyl (C=O) groups excluding carboxylic acids is 1. The normalized spacial score (nSPS) is 21.4. The number of rotatable bonds is 4. The molecule has 0 aromatic carbocycles. The second kappa shape index (κ2) is 6.21. The van der Waals surface area contributed by atoms with Gasteiger partial charge in [-0.2, -0.15) is 0 Å². The van der Waals surface area contributed by atoms with Gasteiger partial charge in [-0.15, -0.1) is 11.3 Å². The van der Waals surface area contributed by atoms with E-state index in [0.29, 0.717) is 13.2 Å². The van der Waals surface area contributed by atoms with Crippen LogP contribution in [0.5, 0.6) is 0 Å². The van der Waals surface area contributed by atoms with Crippen LogP contribution in [0.4, 0.5) is 0 Å². The molecule has 0 bridgehead atoms. The van der Waals surface area contributed by atoms with E-state index in [0.717, 1.165) is 29.1 Å². The molecular weight excluding hydrogens is 300 g/mol. The maximum atomic E-state index is 12.1. The van der Waals surface area contributed by atoms with Crippen LogP contribution in [-0.4, -0.2) is 27.5 Å². The van der Waals surface area contributed by atoms with E-state index in [4.69, 9.17) is 9.88 Å². The number of thiophene rings is 1. The van der Waals surface area contributed by atoms with Crippen molar-refractivity contribution in [1.29, 1.82) is 0 Å². The van der Waals surface area contributed by atoms with Crippen molar-refractivity contribution in [3.8, 4) is 0 Å². The molecule has 0 aliphatic carbocycles. The van der Waals surface area contributed by atoms with Crippen molar-refractivity contribution in [1.82, 2.24) is 5.32 Å². The summed E-state index contributed by atoms with van der Waals surface area (Å²) in [5.74, 6) is -0.174. The first-order valence-electron chi connectivity index (χ1n) is 6.38. The summed E-state index contributed by atoms with van der Waals surface area (Å²) >= 11 is 1.08. The second-order valence-corrected chi connectivity index (χ2v) is 7.75. The predicted octanol–water partition coefficient (Wildman–Crippen LogP) is 0.999. The number of hydrogen-bond acceptors (Lipinski definition) is 5. The van der Waals surface area contributed by atoms with Gasteiger partial charge in [-0.25, -0.2) is 13.6 Å². The van der Waals surface area contributed by atoms with Gasteiger partial charge in [-0.3, -0.25) is 4.79 Å². The van der Waals surface area contributed by atoms with Gasteiger partial charge >= 0.3 is 0 Å². The van der Waals surface area contributed by atoms with Crippen molar-refractivity contribution in [2.24, 2.45) is 11.1 Å². The number of primary sulfonamides is 1. The van der Waals surface area contributed by atoms with Crippen molar-refractivity contribution < 1.29 is 17.9 Å². The van der Waals surface area contributed by atoms with E-state index in [1.807, 2.05) is 6.92 Å². The molecular formula is C12H18N2O4S2. The van der Waals surface area contributed by atoms with Gasteiger partial charge in [0.1, 0.15) is 4.21 Å². The van der Waals surface area contributed by atoms with E-state index in [2.05, 4.69) is 5.32 Å². The monoisotopic (exact) mass is 318 g/mol. The van der Waals surface area contributed by atoms with Gasteiger partial charge in [0.05, 0.1) is 18.6 Å². The van der Waals surface area contributed by atoms with Crippen molar-refractivity contribution >= 4 is 27.3 Å². The fourth-order valence-corrected chi connectivity index (χ4v) is 3.82. The van der Waals surface area contributed by atoms with Crippen LogP contribution in [-0.2, 0) is 19.6 Å². The zero-order valence-electron chi connectivity index (χ0n) is 11.2. The molecule has 3 N–H and O–H groups in total. The Bertz CT molecular complexity index is 576. The Kier molecular flexibility index (Phi) is 4.79. The summed E-state index contributed by atoms with van der Waals surface area (Å²) in [6.45, 7) is 2.98. The SMILES string of the molecule is CC(NC(=O)C1CCCOC1)c1ccc(S(N)(=O)=O)s1. The number of sulfonamides is 1. The zero-order valence-corrected chi connectivity index (χ0v) is 12.8. The third-order valence-electron chi connectivity index (χ3n) is 3.20. The van der Waals surface area contributed by atoms with E-state index in [1.165, 1.54) is 6.07 Å². The van der Waals surface area contributed by atoms with Crippen LogP contribution in [0.2, 0.25) is 0 Å². The lowest BCUT2D eigenvalue weighted by Gasteiger charge is -2.23. The van der Waals surface area contributed by atoms with Crippen molar-refractivity contribution in [2.75, 3.05) is 13.2 Å². The Morgan fingerprint density at radius 1 is 1.55 bits per heavy atom. The summed E-state index contributed by atoms with van der Waals surface area (Å²) in [6.07, 6.45) is 1.71. The first-order chi connectivity index (χ1) is 9.38. The molecule has 112 valence electrons. The van der Waals surface area contributed by atoms with Crippen LogP contribution in [0.3, 0.4) is 0 Å². The van der Waals surface area contributed by atoms with E-state index >= 15 is 0 Å². The number of nitrogens with one attached hydrogen (secondary N) is 1. The Hall–Kier alpha value is -0.960. The quantitative estimate of drug-likeness (QED) is 0.865. The number of amides is 1. The first-order valence-corrected chi connectivity index (χ1v) is 8.75. The zero-order chi connectivity index (χ0) is 14.8. The van der Waals surface area contributed by atoms with E-state index in [9.17, 15) is 13.2 Å². The summed E-state index contributed by atoms with van der Waals surface area (Å²) in [5, 5.41) is 7.95. The molecule has 1 aromatic heterocycles.